The van der Waals surface area contributed by atoms with Gasteiger partial charge in [0.15, 0.2) is 11.9 Å². The SMILES string of the molecule is CSCC[C@H](NC(=O)[C@H](CCC(=O)O)NC(=O)[C@H](CCC(=O)O)NC(C)=O)C(=O)N[C@@H](CCC(N)=O)C(=O)N[C@@H](CCCNC(=N)N)C(=O)N[C@@H](CCCNC(=N)N)C(=O)N[C@@H](C)C(=O)N[C@@H](CC(=O)O)C(=O)O. The number of hydrogen-bond acceptors (Lipinski definition) is 16. The average Bonchev–Trinajstić information content (AvgIpc) is 3.29. The van der Waals surface area contributed by atoms with Gasteiger partial charge in [0.25, 0.3) is 0 Å². The summed E-state index contributed by atoms with van der Waals surface area (Å²) in [5, 5.41) is 75.4. The van der Waals surface area contributed by atoms with Gasteiger partial charge in [-0.3, -0.25) is 68.4 Å². The number of carboxylic acids is 4. The minimum Gasteiger partial charge on any atom is -0.481 e. The second kappa shape index (κ2) is 35.2. The molecule has 33 heteroatoms. The van der Waals surface area contributed by atoms with E-state index in [0.717, 1.165) is 13.8 Å². The van der Waals surface area contributed by atoms with Crippen molar-refractivity contribution in [1.82, 2.24) is 53.2 Å². The first-order chi connectivity index (χ1) is 34.6. The third kappa shape index (κ3) is 29.4. The molecule has 22 N–H and O–H groups in total. The standard InChI is InChI=1S/C41H69N15O17S/c1-19(32(65)56-27(39(72)73)18-31(63)64)49-33(66)21(6-4-15-47-40(43)44)51-34(67)22(7-5-16-48-41(45)46)52-36(69)24(8-11-28(42)58)53-38(71)26(14-17-74-3)55-37(70)25(10-13-30(61)62)54-35(68)23(50-20(2)57)9-12-29(59)60/h19,21-27H,4-18H2,1-3H3,(H2,42,58)(H,49,66)(H,50,57)(H,51,67)(H,52,69)(H,53,71)(H,54,68)(H,55,70)(H,56,65)(H,59,60)(H,61,62)(H,63,64)(H,72,73)(H4,43,44,47)(H4,45,46,48)/t19-,21-,22-,23-,24-,25-,26-,27-/m0/s1. The van der Waals surface area contributed by atoms with Crippen LogP contribution < -0.4 is 70.4 Å². The summed E-state index contributed by atoms with van der Waals surface area (Å²) in [5.74, 6) is -15.7. The molecule has 0 bridgehead atoms. The van der Waals surface area contributed by atoms with E-state index in [1.807, 2.05) is 5.32 Å². The Morgan fingerprint density at radius 2 is 0.797 bits per heavy atom. The molecule has 0 aromatic rings. The van der Waals surface area contributed by atoms with Gasteiger partial charge in [0.2, 0.25) is 53.2 Å². The average molecular weight is 1080 g/mol. The van der Waals surface area contributed by atoms with Crippen LogP contribution in [0, 0.1) is 10.8 Å². The second-order valence-corrected chi connectivity index (χ2v) is 17.4. The number of rotatable bonds is 38. The molecule has 8 atom stereocenters. The van der Waals surface area contributed by atoms with Crippen molar-refractivity contribution in [2.45, 2.75) is 139 Å². The highest BCUT2D eigenvalue weighted by Crippen LogP contribution is 2.10. The predicted octanol–water partition coefficient (Wildman–Crippen LogP) is -6.26. The molecular formula is C41H69N15O17S. The normalized spacial score (nSPS) is 13.9. The Bertz CT molecular complexity index is 2050. The third-order valence-corrected chi connectivity index (χ3v) is 10.8. The van der Waals surface area contributed by atoms with E-state index in [9.17, 15) is 72.5 Å². The highest BCUT2D eigenvalue weighted by Gasteiger charge is 2.35. The van der Waals surface area contributed by atoms with Crippen LogP contribution in [-0.4, -0.2) is 183 Å². The molecule has 0 fully saturated rings. The maximum atomic E-state index is 14.1. The Balaban J connectivity index is 6.89. The molecule has 0 saturated carbocycles. The molecule has 0 aliphatic heterocycles. The number of amides is 9. The van der Waals surface area contributed by atoms with Crippen molar-refractivity contribution in [3.63, 3.8) is 0 Å². The van der Waals surface area contributed by atoms with E-state index >= 15 is 0 Å². The lowest BCUT2D eigenvalue weighted by Gasteiger charge is -2.28. The number of carbonyl (C=O) groups excluding carboxylic acids is 9. The molecular weight excluding hydrogens is 1010 g/mol. The van der Waals surface area contributed by atoms with Crippen LogP contribution in [0.15, 0.2) is 0 Å². The van der Waals surface area contributed by atoms with Gasteiger partial charge < -0.3 is 90.8 Å². The smallest absolute Gasteiger partial charge is 0.326 e. The highest BCUT2D eigenvalue weighted by molar-refractivity contribution is 7.98. The van der Waals surface area contributed by atoms with Crippen LogP contribution in [0.4, 0.5) is 0 Å². The summed E-state index contributed by atoms with van der Waals surface area (Å²) in [5.41, 5.74) is 16.1. The van der Waals surface area contributed by atoms with E-state index < -0.39 is 182 Å². The summed E-state index contributed by atoms with van der Waals surface area (Å²) in [6.45, 7) is 2.17. The quantitative estimate of drug-likeness (QED) is 0.0155. The van der Waals surface area contributed by atoms with E-state index in [2.05, 4.69) is 47.9 Å². The molecule has 416 valence electrons. The van der Waals surface area contributed by atoms with Crippen molar-refractivity contribution < 1.29 is 82.8 Å². The minimum atomic E-state index is -1.87. The molecule has 9 amide bonds. The Labute approximate surface area is 428 Å². The minimum absolute atomic E-state index is 0.00229. The summed E-state index contributed by atoms with van der Waals surface area (Å²) in [7, 11) is 0. The van der Waals surface area contributed by atoms with Crippen molar-refractivity contribution in [2.75, 3.05) is 25.1 Å². The number of nitrogens with one attached hydrogen (secondary N) is 12. The van der Waals surface area contributed by atoms with E-state index in [1.54, 1.807) is 6.26 Å². The van der Waals surface area contributed by atoms with E-state index in [1.165, 1.54) is 11.8 Å². The maximum Gasteiger partial charge on any atom is 0.326 e. The zero-order chi connectivity index (χ0) is 56.7. The van der Waals surface area contributed by atoms with E-state index in [4.69, 9.17) is 38.2 Å². The van der Waals surface area contributed by atoms with E-state index in [-0.39, 0.29) is 50.9 Å². The Morgan fingerprint density at radius 1 is 0.459 bits per heavy atom. The van der Waals surface area contributed by atoms with Gasteiger partial charge in [0.1, 0.15) is 48.3 Å². The van der Waals surface area contributed by atoms with Crippen LogP contribution in [-0.2, 0) is 62.3 Å². The van der Waals surface area contributed by atoms with Gasteiger partial charge in [-0.15, -0.1) is 0 Å². The zero-order valence-corrected chi connectivity index (χ0v) is 41.8. The lowest BCUT2D eigenvalue weighted by atomic mass is 10.0. The molecule has 32 nitrogen and oxygen atoms in total. The van der Waals surface area contributed by atoms with Gasteiger partial charge in [-0.25, -0.2) is 4.79 Å². The number of hydrogen-bond donors (Lipinski definition) is 19. The molecule has 74 heavy (non-hydrogen) atoms. The number of thioether (sulfide) groups is 1. The second-order valence-electron chi connectivity index (χ2n) is 16.4. The van der Waals surface area contributed by atoms with Crippen molar-refractivity contribution in [1.29, 1.82) is 10.8 Å². The maximum absolute atomic E-state index is 14.1. The molecule has 0 radical (unpaired) electrons. The summed E-state index contributed by atoms with van der Waals surface area (Å²) in [6, 6.07) is -12.8. The molecule has 0 unspecified atom stereocenters. The number of primary amides is 1. The first kappa shape index (κ1) is 66.0. The Morgan fingerprint density at radius 3 is 1.12 bits per heavy atom. The molecule has 0 aromatic heterocycles. The zero-order valence-electron chi connectivity index (χ0n) is 41.0. The van der Waals surface area contributed by atoms with Crippen molar-refractivity contribution in [3.05, 3.63) is 0 Å². The largest absolute Gasteiger partial charge is 0.481 e. The third-order valence-electron chi connectivity index (χ3n) is 10.2. The van der Waals surface area contributed by atoms with Crippen molar-refractivity contribution in [2.24, 2.45) is 17.2 Å². The molecule has 0 saturated heterocycles. The fourth-order valence-corrected chi connectivity index (χ4v) is 6.86. The predicted molar refractivity (Wildman–Crippen MR) is 260 cm³/mol. The summed E-state index contributed by atoms with van der Waals surface area (Å²) in [4.78, 5) is 165. The van der Waals surface area contributed by atoms with Gasteiger partial charge >= 0.3 is 23.9 Å². The topological polar surface area (TPSA) is 549 Å². The first-order valence-electron chi connectivity index (χ1n) is 22.8. The van der Waals surface area contributed by atoms with Crippen LogP contribution in [0.25, 0.3) is 0 Å². The van der Waals surface area contributed by atoms with Gasteiger partial charge in [0.05, 0.1) is 6.42 Å². The summed E-state index contributed by atoms with van der Waals surface area (Å²) < 4.78 is 0. The molecule has 0 aliphatic carbocycles. The van der Waals surface area contributed by atoms with Crippen LogP contribution in [0.5, 0.6) is 0 Å². The monoisotopic (exact) mass is 1080 g/mol. The van der Waals surface area contributed by atoms with Gasteiger partial charge in [0, 0.05) is 39.3 Å². The summed E-state index contributed by atoms with van der Waals surface area (Å²) >= 11 is 1.22. The van der Waals surface area contributed by atoms with Crippen molar-refractivity contribution >= 4 is 101 Å². The van der Waals surface area contributed by atoms with Gasteiger partial charge in [-0.1, -0.05) is 0 Å². The number of aliphatic carboxylic acids is 4. The molecule has 0 aliphatic rings. The number of carboxylic acid groups (broad SMARTS) is 4. The lowest BCUT2D eigenvalue weighted by Crippen LogP contribution is -2.60. The van der Waals surface area contributed by atoms with Crippen LogP contribution in [0.3, 0.4) is 0 Å². The number of guanidine groups is 2. The van der Waals surface area contributed by atoms with Gasteiger partial charge in [-0.05, 0) is 70.3 Å². The Hall–Kier alpha value is -8.00. The fourth-order valence-electron chi connectivity index (χ4n) is 6.39. The molecule has 0 aromatic carbocycles. The van der Waals surface area contributed by atoms with Crippen LogP contribution in [0.1, 0.15) is 90.9 Å². The van der Waals surface area contributed by atoms with Crippen LogP contribution >= 0.6 is 11.8 Å². The summed E-state index contributed by atoms with van der Waals surface area (Å²) in [6.07, 6.45) is -3.10. The lowest BCUT2D eigenvalue weighted by molar-refractivity contribution is -0.147. The Kier molecular flexibility index (Phi) is 31.4. The molecule has 0 heterocycles. The number of carbonyl (C=O) groups is 13. The number of nitrogens with two attached hydrogens (primary N) is 3. The van der Waals surface area contributed by atoms with Crippen molar-refractivity contribution in [3.8, 4) is 0 Å². The van der Waals surface area contributed by atoms with Gasteiger partial charge in [-0.2, -0.15) is 11.8 Å². The molecule has 0 rings (SSSR count). The van der Waals surface area contributed by atoms with E-state index in [0.29, 0.717) is 0 Å². The molecule has 0 spiro atoms. The first-order valence-corrected chi connectivity index (χ1v) is 24.2. The fraction of sp³-hybridized carbons (Fsp3) is 0.634. The highest BCUT2D eigenvalue weighted by atomic mass is 32.2. The van der Waals surface area contributed by atoms with Crippen LogP contribution in [0.2, 0.25) is 0 Å².